The SMILES string of the molecule is C[C@@H](OC(=O)c1nn(-c2ccccc2)c(=O)c2ccccc12)C(N)=O. The highest BCUT2D eigenvalue weighted by Gasteiger charge is 2.22. The van der Waals surface area contributed by atoms with Crippen LogP contribution in [0.25, 0.3) is 16.5 Å². The molecule has 0 bridgehead atoms. The van der Waals surface area contributed by atoms with Gasteiger partial charge in [0.05, 0.1) is 11.1 Å². The third kappa shape index (κ3) is 3.12. The smallest absolute Gasteiger partial charge is 0.360 e. The van der Waals surface area contributed by atoms with Crippen molar-refractivity contribution in [3.63, 3.8) is 0 Å². The van der Waals surface area contributed by atoms with E-state index in [9.17, 15) is 14.4 Å². The first-order valence-electron chi connectivity index (χ1n) is 7.57. The summed E-state index contributed by atoms with van der Waals surface area (Å²) >= 11 is 0. The molecule has 0 saturated heterocycles. The van der Waals surface area contributed by atoms with E-state index in [1.54, 1.807) is 54.6 Å². The highest BCUT2D eigenvalue weighted by Crippen LogP contribution is 2.16. The molecule has 1 heterocycles. The lowest BCUT2D eigenvalue weighted by molar-refractivity contribution is -0.125. The minimum atomic E-state index is -1.11. The molecule has 1 atom stereocenters. The van der Waals surface area contributed by atoms with Crippen LogP contribution in [-0.4, -0.2) is 27.8 Å². The average Bonchev–Trinajstić information content (AvgIpc) is 2.62. The van der Waals surface area contributed by atoms with E-state index in [0.717, 1.165) is 4.68 Å². The number of rotatable bonds is 4. The monoisotopic (exact) mass is 337 g/mol. The van der Waals surface area contributed by atoms with E-state index in [1.165, 1.54) is 6.92 Å². The molecule has 0 unspecified atom stereocenters. The van der Waals surface area contributed by atoms with Gasteiger partial charge in [0.25, 0.3) is 11.5 Å². The molecule has 2 aromatic carbocycles. The predicted molar refractivity (Wildman–Crippen MR) is 91.4 cm³/mol. The Labute approximate surface area is 142 Å². The number of primary amides is 1. The number of hydrogen-bond donors (Lipinski definition) is 1. The van der Waals surface area contributed by atoms with E-state index in [2.05, 4.69) is 5.10 Å². The van der Waals surface area contributed by atoms with Crippen molar-refractivity contribution < 1.29 is 14.3 Å². The molecule has 1 amide bonds. The molecule has 2 N–H and O–H groups in total. The summed E-state index contributed by atoms with van der Waals surface area (Å²) in [7, 11) is 0. The van der Waals surface area contributed by atoms with Gasteiger partial charge in [0, 0.05) is 5.39 Å². The molecule has 7 nitrogen and oxygen atoms in total. The second kappa shape index (κ2) is 6.56. The van der Waals surface area contributed by atoms with Crippen LogP contribution in [0.3, 0.4) is 0 Å². The Morgan fingerprint density at radius 2 is 1.64 bits per heavy atom. The lowest BCUT2D eigenvalue weighted by Gasteiger charge is -2.12. The van der Waals surface area contributed by atoms with Gasteiger partial charge < -0.3 is 10.5 Å². The number of aromatic nitrogens is 2. The number of esters is 1. The predicted octanol–water partition coefficient (Wildman–Crippen LogP) is 1.42. The van der Waals surface area contributed by atoms with Crippen LogP contribution < -0.4 is 11.3 Å². The van der Waals surface area contributed by atoms with Crippen molar-refractivity contribution in [2.24, 2.45) is 5.73 Å². The summed E-state index contributed by atoms with van der Waals surface area (Å²) in [5, 5.41) is 4.83. The zero-order valence-corrected chi connectivity index (χ0v) is 13.4. The van der Waals surface area contributed by atoms with Crippen molar-refractivity contribution >= 4 is 22.6 Å². The van der Waals surface area contributed by atoms with Gasteiger partial charge in [-0.15, -0.1) is 0 Å². The fourth-order valence-corrected chi connectivity index (χ4v) is 2.36. The van der Waals surface area contributed by atoms with Gasteiger partial charge in [-0.1, -0.05) is 36.4 Å². The molecule has 0 saturated carbocycles. The normalized spacial score (nSPS) is 11.9. The number of nitrogens with two attached hydrogens (primary N) is 1. The van der Waals surface area contributed by atoms with Crippen LogP contribution in [0.5, 0.6) is 0 Å². The maximum Gasteiger partial charge on any atom is 0.360 e. The summed E-state index contributed by atoms with van der Waals surface area (Å²) < 4.78 is 6.18. The Bertz CT molecular complexity index is 1010. The standard InChI is InChI=1S/C18H15N3O4/c1-11(16(19)22)25-18(24)15-13-9-5-6-10-14(13)17(23)21(20-15)12-7-3-2-4-8-12/h2-11H,1H3,(H2,19,22)/t11-/m1/s1. The van der Waals surface area contributed by atoms with Crippen LogP contribution in [0.2, 0.25) is 0 Å². The molecular weight excluding hydrogens is 322 g/mol. The van der Waals surface area contributed by atoms with Crippen molar-refractivity contribution in [2.75, 3.05) is 0 Å². The van der Waals surface area contributed by atoms with Crippen LogP contribution in [-0.2, 0) is 9.53 Å². The van der Waals surface area contributed by atoms with Crippen molar-refractivity contribution in [3.8, 4) is 5.69 Å². The molecule has 0 radical (unpaired) electrons. The van der Waals surface area contributed by atoms with E-state index in [-0.39, 0.29) is 11.3 Å². The Kier molecular flexibility index (Phi) is 4.30. The van der Waals surface area contributed by atoms with Crippen molar-refractivity contribution in [1.29, 1.82) is 0 Å². The van der Waals surface area contributed by atoms with Gasteiger partial charge in [0.1, 0.15) is 0 Å². The van der Waals surface area contributed by atoms with Crippen molar-refractivity contribution in [3.05, 3.63) is 70.6 Å². The molecule has 3 aromatic rings. The van der Waals surface area contributed by atoms with Gasteiger partial charge in [-0.3, -0.25) is 9.59 Å². The summed E-state index contributed by atoms with van der Waals surface area (Å²) in [4.78, 5) is 36.3. The number of fused-ring (bicyclic) bond motifs is 1. The topological polar surface area (TPSA) is 104 Å². The molecule has 0 aliphatic heterocycles. The number of benzene rings is 2. The highest BCUT2D eigenvalue weighted by molar-refractivity contribution is 6.02. The summed E-state index contributed by atoms with van der Waals surface area (Å²) in [6.07, 6.45) is -1.11. The highest BCUT2D eigenvalue weighted by atomic mass is 16.5. The lowest BCUT2D eigenvalue weighted by Crippen LogP contribution is -2.32. The number of amides is 1. The Morgan fingerprint density at radius 3 is 2.28 bits per heavy atom. The quantitative estimate of drug-likeness (QED) is 0.725. The number of nitrogens with zero attached hydrogens (tertiary/aromatic N) is 2. The Hall–Kier alpha value is -3.48. The van der Waals surface area contributed by atoms with Crippen LogP contribution in [0, 0.1) is 0 Å². The fourth-order valence-electron chi connectivity index (χ4n) is 2.36. The maximum absolute atomic E-state index is 12.7. The number of para-hydroxylation sites is 1. The van der Waals surface area contributed by atoms with E-state index >= 15 is 0 Å². The molecule has 0 spiro atoms. The lowest BCUT2D eigenvalue weighted by atomic mass is 10.1. The number of carbonyl (C=O) groups excluding carboxylic acids is 2. The molecule has 0 fully saturated rings. The minimum Gasteiger partial charge on any atom is -0.448 e. The summed E-state index contributed by atoms with van der Waals surface area (Å²) in [5.74, 6) is -1.60. The number of hydrogen-bond acceptors (Lipinski definition) is 5. The second-order valence-corrected chi connectivity index (χ2v) is 5.40. The number of ether oxygens (including phenoxy) is 1. The van der Waals surface area contributed by atoms with Crippen molar-refractivity contribution in [2.45, 2.75) is 13.0 Å². The molecule has 1 aromatic heterocycles. The van der Waals surface area contributed by atoms with Gasteiger partial charge in [-0.25, -0.2) is 4.79 Å². The third-order valence-corrected chi connectivity index (χ3v) is 3.68. The fraction of sp³-hybridized carbons (Fsp3) is 0.111. The Morgan fingerprint density at radius 1 is 1.04 bits per heavy atom. The molecule has 25 heavy (non-hydrogen) atoms. The van der Waals surface area contributed by atoms with Gasteiger partial charge in [-0.05, 0) is 25.1 Å². The first-order chi connectivity index (χ1) is 12.0. The second-order valence-electron chi connectivity index (χ2n) is 5.40. The molecule has 7 heteroatoms. The first-order valence-corrected chi connectivity index (χ1v) is 7.57. The third-order valence-electron chi connectivity index (χ3n) is 3.68. The number of carbonyl (C=O) groups is 2. The van der Waals surface area contributed by atoms with E-state index in [1.807, 2.05) is 0 Å². The maximum atomic E-state index is 12.7. The van der Waals surface area contributed by atoms with Crippen LogP contribution in [0.1, 0.15) is 17.4 Å². The largest absolute Gasteiger partial charge is 0.448 e. The zero-order chi connectivity index (χ0) is 18.0. The first kappa shape index (κ1) is 16.4. The van der Waals surface area contributed by atoms with Crippen LogP contribution in [0.15, 0.2) is 59.4 Å². The average molecular weight is 337 g/mol. The molecule has 0 aliphatic rings. The summed E-state index contributed by atoms with van der Waals surface area (Å²) in [6, 6.07) is 15.3. The summed E-state index contributed by atoms with van der Waals surface area (Å²) in [5.41, 5.74) is 5.22. The van der Waals surface area contributed by atoms with Crippen LogP contribution >= 0.6 is 0 Å². The Balaban J connectivity index is 2.21. The molecule has 3 rings (SSSR count). The zero-order valence-electron chi connectivity index (χ0n) is 13.4. The van der Waals surface area contributed by atoms with Gasteiger partial charge in [-0.2, -0.15) is 9.78 Å². The van der Waals surface area contributed by atoms with Crippen molar-refractivity contribution in [1.82, 2.24) is 9.78 Å². The van der Waals surface area contributed by atoms with Gasteiger partial charge in [0.2, 0.25) is 0 Å². The molecular formula is C18H15N3O4. The van der Waals surface area contributed by atoms with Gasteiger partial charge >= 0.3 is 5.97 Å². The van der Waals surface area contributed by atoms with E-state index in [0.29, 0.717) is 16.5 Å². The van der Waals surface area contributed by atoms with Gasteiger partial charge in [0.15, 0.2) is 11.8 Å². The van der Waals surface area contributed by atoms with E-state index < -0.39 is 18.0 Å². The molecule has 126 valence electrons. The van der Waals surface area contributed by atoms with E-state index in [4.69, 9.17) is 10.5 Å². The molecule has 0 aliphatic carbocycles. The minimum absolute atomic E-state index is 0.0628. The van der Waals surface area contributed by atoms with Crippen LogP contribution in [0.4, 0.5) is 0 Å². The summed E-state index contributed by atoms with van der Waals surface area (Å²) in [6.45, 7) is 1.37.